The van der Waals surface area contributed by atoms with Gasteiger partial charge in [0.15, 0.2) is 6.10 Å². The van der Waals surface area contributed by atoms with Gasteiger partial charge in [-0.1, -0.05) is 0 Å². The van der Waals surface area contributed by atoms with Gasteiger partial charge in [-0.15, -0.1) is 0 Å². The molecule has 0 N–H and O–H groups in total. The summed E-state index contributed by atoms with van der Waals surface area (Å²) in [4.78, 5) is 94.2. The van der Waals surface area contributed by atoms with Gasteiger partial charge < -0.3 is 23.7 Å². The van der Waals surface area contributed by atoms with Gasteiger partial charge in [0.25, 0.3) is 22.7 Å². The molecule has 1 fully saturated rings. The van der Waals surface area contributed by atoms with E-state index in [1.54, 1.807) is 0 Å². The number of ether oxygens (including phenoxy) is 5. The molecule has 0 radical (unpaired) electrons. The van der Waals surface area contributed by atoms with Crippen molar-refractivity contribution in [2.24, 2.45) is 0 Å². The van der Waals surface area contributed by atoms with Crippen molar-refractivity contribution in [1.29, 1.82) is 0 Å². The van der Waals surface area contributed by atoms with Crippen LogP contribution in [0.5, 0.6) is 0 Å². The highest BCUT2D eigenvalue weighted by molar-refractivity contribution is 5.92. The fourth-order valence-electron chi connectivity index (χ4n) is 4.86. The number of non-ortho nitro benzene ring substituents is 4. The van der Waals surface area contributed by atoms with Crippen LogP contribution in [0.3, 0.4) is 0 Å². The molecule has 4 atom stereocenters. The first-order chi connectivity index (χ1) is 25.7. The van der Waals surface area contributed by atoms with Gasteiger partial charge in [0.1, 0.15) is 12.7 Å². The lowest BCUT2D eigenvalue weighted by molar-refractivity contribution is -0.385. The maximum absolute atomic E-state index is 13.3. The van der Waals surface area contributed by atoms with Crippen molar-refractivity contribution in [1.82, 2.24) is 0 Å². The summed E-state index contributed by atoms with van der Waals surface area (Å²) >= 11 is 0. The van der Waals surface area contributed by atoms with Crippen LogP contribution in [0.25, 0.3) is 0 Å². The normalized spacial score (nSPS) is 17.4. The third kappa shape index (κ3) is 8.78. The molecule has 21 heteroatoms. The van der Waals surface area contributed by atoms with Gasteiger partial charge in [-0.2, -0.15) is 0 Å². The van der Waals surface area contributed by atoms with Gasteiger partial charge in [0.05, 0.1) is 41.9 Å². The number of carbonyl (C=O) groups is 4. The summed E-state index contributed by atoms with van der Waals surface area (Å²) < 4.78 is 27.8. The molecule has 0 aliphatic carbocycles. The van der Waals surface area contributed by atoms with Crippen LogP contribution >= 0.6 is 0 Å². The summed E-state index contributed by atoms with van der Waals surface area (Å²) in [6.07, 6.45) is -7.10. The zero-order valence-electron chi connectivity index (χ0n) is 27.0. The van der Waals surface area contributed by atoms with Gasteiger partial charge in [0.2, 0.25) is 12.4 Å². The third-order valence-electron chi connectivity index (χ3n) is 7.61. The van der Waals surface area contributed by atoms with Crippen LogP contribution in [0.2, 0.25) is 0 Å². The van der Waals surface area contributed by atoms with Crippen molar-refractivity contribution >= 4 is 46.6 Å². The lowest BCUT2D eigenvalue weighted by Crippen LogP contribution is -2.42. The number of nitro benzene ring substituents is 4. The molecule has 54 heavy (non-hydrogen) atoms. The Morgan fingerprint density at radius 3 is 1.09 bits per heavy atom. The summed E-state index contributed by atoms with van der Waals surface area (Å²) in [5.41, 5.74) is -2.23. The Kier molecular flexibility index (Phi) is 11.2. The van der Waals surface area contributed by atoms with E-state index in [1.165, 1.54) is 0 Å². The number of hydrogen-bond donors (Lipinski definition) is 0. The van der Waals surface area contributed by atoms with E-state index in [4.69, 9.17) is 23.7 Å². The van der Waals surface area contributed by atoms with Crippen LogP contribution in [-0.4, -0.2) is 74.8 Å². The van der Waals surface area contributed by atoms with Crippen molar-refractivity contribution in [3.05, 3.63) is 160 Å². The number of benzene rings is 4. The largest absolute Gasteiger partial charge is 0.459 e. The second-order valence-electron chi connectivity index (χ2n) is 11.0. The molecule has 21 nitrogen and oxygen atoms in total. The quantitative estimate of drug-likeness (QED) is 0.0786. The molecule has 5 rings (SSSR count). The maximum Gasteiger partial charge on any atom is 0.340 e. The van der Waals surface area contributed by atoms with E-state index in [0.29, 0.717) is 0 Å². The lowest BCUT2D eigenvalue weighted by Gasteiger charge is -2.24. The average molecular weight is 747 g/mol. The maximum atomic E-state index is 13.3. The van der Waals surface area contributed by atoms with Gasteiger partial charge in [0, 0.05) is 48.5 Å². The van der Waals surface area contributed by atoms with Crippen molar-refractivity contribution in [2.45, 2.75) is 24.6 Å². The minimum Gasteiger partial charge on any atom is -0.459 e. The highest BCUT2D eigenvalue weighted by Gasteiger charge is 2.52. The second kappa shape index (κ2) is 16.1. The highest BCUT2D eigenvalue weighted by Crippen LogP contribution is 2.31. The molecule has 4 unspecified atom stereocenters. The molecular weight excluding hydrogens is 724 g/mol. The molecule has 0 spiro atoms. The van der Waals surface area contributed by atoms with Gasteiger partial charge in [-0.05, 0) is 48.5 Å². The van der Waals surface area contributed by atoms with Crippen LogP contribution in [0.1, 0.15) is 41.4 Å². The van der Waals surface area contributed by atoms with Crippen LogP contribution < -0.4 is 0 Å². The Morgan fingerprint density at radius 1 is 0.463 bits per heavy atom. The van der Waals surface area contributed by atoms with Crippen LogP contribution in [0, 0.1) is 40.5 Å². The van der Waals surface area contributed by atoms with Gasteiger partial charge in [-0.25, -0.2) is 19.2 Å². The topological polar surface area (TPSA) is 287 Å². The second-order valence-corrected chi connectivity index (χ2v) is 11.0. The molecule has 1 heterocycles. The van der Waals surface area contributed by atoms with Crippen LogP contribution in [0.4, 0.5) is 22.7 Å². The van der Waals surface area contributed by atoms with E-state index >= 15 is 0 Å². The summed E-state index contributed by atoms with van der Waals surface area (Å²) in [6.45, 7) is -0.773. The molecular formula is C33H22N4O17. The van der Waals surface area contributed by atoms with E-state index in [1.807, 2.05) is 0 Å². The molecule has 4 aromatic carbocycles. The summed E-state index contributed by atoms with van der Waals surface area (Å²) in [6, 6.07) is 16.7. The minimum absolute atomic E-state index is 0.139. The predicted octanol–water partition coefficient (Wildman–Crippen LogP) is 4.51. The Bertz CT molecular complexity index is 2120. The summed E-state index contributed by atoms with van der Waals surface area (Å²) in [7, 11) is 0. The lowest BCUT2D eigenvalue weighted by atomic mass is 10.1. The third-order valence-corrected chi connectivity index (χ3v) is 7.61. The van der Waals surface area contributed by atoms with Gasteiger partial charge in [-0.3, -0.25) is 40.5 Å². The van der Waals surface area contributed by atoms with Crippen molar-refractivity contribution < 1.29 is 62.6 Å². The number of carbonyl (C=O) groups excluding carboxylic acids is 4. The van der Waals surface area contributed by atoms with E-state index in [9.17, 15) is 59.6 Å². The number of esters is 4. The number of rotatable bonds is 13. The molecule has 1 aliphatic heterocycles. The highest BCUT2D eigenvalue weighted by atomic mass is 16.8. The first-order valence-electron chi connectivity index (χ1n) is 15.1. The summed E-state index contributed by atoms with van der Waals surface area (Å²) in [5.74, 6) is -4.51. The van der Waals surface area contributed by atoms with Crippen LogP contribution in [0.15, 0.2) is 97.1 Å². The van der Waals surface area contributed by atoms with E-state index in [0.717, 1.165) is 97.1 Å². The van der Waals surface area contributed by atoms with E-state index < -0.39 is 74.8 Å². The SMILES string of the molecule is O=C(OCC1OC(OC(=O)c2ccc([N+](=O)[O-])cc2)C(OC(=O)c2ccc([N+](=O)[O-])cc2)C1OC(=O)c1ccc([N+](=O)[O-])cc1)c1ccc([N+](=O)[O-])cc1. The number of nitrogens with zero attached hydrogens (tertiary/aromatic N) is 4. The van der Waals surface area contributed by atoms with Crippen molar-refractivity contribution in [3.8, 4) is 0 Å². The molecule has 276 valence electrons. The van der Waals surface area contributed by atoms with Crippen LogP contribution in [-0.2, 0) is 23.7 Å². The zero-order chi connectivity index (χ0) is 39.1. The molecule has 4 aromatic rings. The smallest absolute Gasteiger partial charge is 0.340 e. The number of nitro groups is 4. The molecule has 1 aliphatic rings. The summed E-state index contributed by atoms with van der Waals surface area (Å²) in [5, 5.41) is 44.3. The fraction of sp³-hybridized carbons (Fsp3) is 0.152. The molecule has 0 bridgehead atoms. The Morgan fingerprint density at radius 2 is 0.759 bits per heavy atom. The fourth-order valence-corrected chi connectivity index (χ4v) is 4.86. The zero-order valence-corrected chi connectivity index (χ0v) is 27.0. The molecule has 0 saturated carbocycles. The Balaban J connectivity index is 1.47. The van der Waals surface area contributed by atoms with E-state index in [2.05, 4.69) is 0 Å². The standard InChI is InChI=1S/C33H22N4O17/c38-29(18-1-9-22(10-2-18)34(42)43)50-17-26-27(52-30(39)19-3-11-23(12-4-19)35(44)45)28(53-31(40)20-5-13-24(14-6-20)36(46)47)33(51-26)54-32(41)21-7-15-25(16-8-21)37(48)49/h1-16,26-28,33H,17H2. The minimum atomic E-state index is -1.92. The first-order valence-corrected chi connectivity index (χ1v) is 15.1. The Hall–Kier alpha value is -7.68. The molecule has 0 amide bonds. The van der Waals surface area contributed by atoms with Gasteiger partial charge >= 0.3 is 23.9 Å². The average Bonchev–Trinajstić information content (AvgIpc) is 3.47. The number of hydrogen-bond acceptors (Lipinski definition) is 17. The predicted molar refractivity (Wildman–Crippen MR) is 175 cm³/mol. The Labute approximate surface area is 300 Å². The molecule has 1 saturated heterocycles. The van der Waals surface area contributed by atoms with Crippen molar-refractivity contribution in [2.75, 3.05) is 6.61 Å². The molecule has 0 aromatic heterocycles. The van der Waals surface area contributed by atoms with E-state index in [-0.39, 0.29) is 45.0 Å². The van der Waals surface area contributed by atoms with Crippen molar-refractivity contribution in [3.63, 3.8) is 0 Å². The first kappa shape index (κ1) is 37.6. The monoisotopic (exact) mass is 746 g/mol.